The lowest BCUT2D eigenvalue weighted by molar-refractivity contribution is -0.116. The van der Waals surface area contributed by atoms with Gasteiger partial charge >= 0.3 is 0 Å². The van der Waals surface area contributed by atoms with E-state index in [2.05, 4.69) is 5.32 Å². The van der Waals surface area contributed by atoms with Gasteiger partial charge in [0.15, 0.2) is 11.5 Å². The van der Waals surface area contributed by atoms with E-state index < -0.39 is 0 Å². The van der Waals surface area contributed by atoms with E-state index in [1.165, 1.54) is 31.4 Å². The van der Waals surface area contributed by atoms with Crippen molar-refractivity contribution in [2.45, 2.75) is 6.92 Å². The topological polar surface area (TPSA) is 55.4 Å². The number of benzene rings is 1. The van der Waals surface area contributed by atoms with Crippen LogP contribution in [0.2, 0.25) is 0 Å². The number of ether oxygens (including phenoxy) is 1. The fourth-order valence-electron chi connectivity index (χ4n) is 1.97. The maximum atomic E-state index is 12.2. The zero-order chi connectivity index (χ0) is 16.7. The quantitative estimate of drug-likeness (QED) is 0.653. The first-order chi connectivity index (χ1) is 11.1. The van der Waals surface area contributed by atoms with Crippen LogP contribution in [0.25, 0.3) is 11.8 Å². The molecular weight excluding hydrogens is 310 g/mol. The van der Waals surface area contributed by atoms with Crippen molar-refractivity contribution in [3.63, 3.8) is 0 Å². The average molecular weight is 327 g/mol. The summed E-state index contributed by atoms with van der Waals surface area (Å²) in [6.45, 7) is 1.40. The Balaban J connectivity index is 2.23. The first kappa shape index (κ1) is 16.7. The van der Waals surface area contributed by atoms with Crippen molar-refractivity contribution in [1.82, 2.24) is 5.32 Å². The molecule has 0 unspecified atom stereocenters. The fourth-order valence-corrected chi connectivity index (χ4v) is 2.70. The molecule has 0 fully saturated rings. The van der Waals surface area contributed by atoms with E-state index in [-0.39, 0.29) is 17.4 Å². The Labute approximate surface area is 139 Å². The summed E-state index contributed by atoms with van der Waals surface area (Å²) in [6, 6.07) is 13.2. The highest BCUT2D eigenvalue weighted by Gasteiger charge is 2.17. The molecule has 1 aromatic carbocycles. The standard InChI is InChI=1S/C18H17NO3S/c1-13(20)18(22-2)17(15-9-6-12-23-15)19-16(21)11-10-14-7-4-3-5-8-14/h3-12H,1-2H3,(H,19,21)/b11-10+,18-17+. The number of rotatable bonds is 6. The van der Waals surface area contributed by atoms with Gasteiger partial charge in [-0.15, -0.1) is 11.3 Å². The normalized spacial score (nSPS) is 11.9. The van der Waals surface area contributed by atoms with Gasteiger partial charge in [-0.2, -0.15) is 0 Å². The van der Waals surface area contributed by atoms with E-state index in [9.17, 15) is 9.59 Å². The zero-order valence-corrected chi connectivity index (χ0v) is 13.7. The van der Waals surface area contributed by atoms with Crippen molar-refractivity contribution in [3.05, 3.63) is 70.1 Å². The molecule has 0 spiro atoms. The van der Waals surface area contributed by atoms with Gasteiger partial charge in [0.1, 0.15) is 5.70 Å². The SMILES string of the molecule is CO/C(C(C)=O)=C(/NC(=O)/C=C/c1ccccc1)c1cccs1. The summed E-state index contributed by atoms with van der Waals surface area (Å²) in [7, 11) is 1.41. The predicted molar refractivity (Wildman–Crippen MR) is 92.5 cm³/mol. The third kappa shape index (κ3) is 4.66. The number of Topliss-reactive ketones (excluding diaryl/α,β-unsaturated/α-hetero) is 1. The van der Waals surface area contributed by atoms with Crippen LogP contribution in [0.5, 0.6) is 0 Å². The summed E-state index contributed by atoms with van der Waals surface area (Å²) < 4.78 is 5.16. The molecule has 1 aromatic heterocycles. The lowest BCUT2D eigenvalue weighted by Gasteiger charge is -2.11. The van der Waals surface area contributed by atoms with Gasteiger partial charge in [0.25, 0.3) is 0 Å². The fraction of sp³-hybridized carbons (Fsp3) is 0.111. The summed E-state index contributed by atoms with van der Waals surface area (Å²) in [6.07, 6.45) is 3.14. The summed E-state index contributed by atoms with van der Waals surface area (Å²) in [5, 5.41) is 4.61. The molecule has 0 radical (unpaired) electrons. The van der Waals surface area contributed by atoms with Crippen LogP contribution >= 0.6 is 11.3 Å². The largest absolute Gasteiger partial charge is 0.491 e. The Kier molecular flexibility index (Phi) is 5.88. The molecule has 0 bridgehead atoms. The summed E-state index contributed by atoms with van der Waals surface area (Å²) >= 11 is 1.42. The Hall–Kier alpha value is -2.66. The van der Waals surface area contributed by atoms with Crippen molar-refractivity contribution in [2.24, 2.45) is 0 Å². The molecular formula is C18H17NO3S. The molecule has 1 heterocycles. The molecule has 2 aromatic rings. The lowest BCUT2D eigenvalue weighted by atomic mass is 10.2. The Morgan fingerprint density at radius 1 is 1.13 bits per heavy atom. The van der Waals surface area contributed by atoms with Crippen molar-refractivity contribution in [2.75, 3.05) is 7.11 Å². The third-order valence-electron chi connectivity index (χ3n) is 2.99. The molecule has 118 valence electrons. The minimum Gasteiger partial charge on any atom is -0.491 e. The van der Waals surface area contributed by atoms with Gasteiger partial charge < -0.3 is 10.1 Å². The van der Waals surface area contributed by atoms with Crippen LogP contribution in [0.1, 0.15) is 17.4 Å². The van der Waals surface area contributed by atoms with E-state index in [0.717, 1.165) is 10.4 Å². The Bertz CT molecular complexity index is 731. The molecule has 1 amide bonds. The Morgan fingerprint density at radius 3 is 2.43 bits per heavy atom. The first-order valence-corrected chi connectivity index (χ1v) is 7.87. The molecule has 0 aliphatic rings. The van der Waals surface area contributed by atoms with Crippen molar-refractivity contribution >= 4 is 34.8 Å². The van der Waals surface area contributed by atoms with Crippen LogP contribution in [0, 0.1) is 0 Å². The van der Waals surface area contributed by atoms with Crippen molar-refractivity contribution in [1.29, 1.82) is 0 Å². The zero-order valence-electron chi connectivity index (χ0n) is 12.9. The maximum Gasteiger partial charge on any atom is 0.248 e. The van der Waals surface area contributed by atoms with Gasteiger partial charge in [0.05, 0.1) is 12.0 Å². The molecule has 23 heavy (non-hydrogen) atoms. The van der Waals surface area contributed by atoms with Crippen LogP contribution < -0.4 is 5.32 Å². The number of hydrogen-bond acceptors (Lipinski definition) is 4. The second-order valence-electron chi connectivity index (χ2n) is 4.68. The molecule has 0 aliphatic carbocycles. The average Bonchev–Trinajstić information content (AvgIpc) is 3.07. The van der Waals surface area contributed by atoms with Gasteiger partial charge in [-0.1, -0.05) is 36.4 Å². The summed E-state index contributed by atoms with van der Waals surface area (Å²) in [4.78, 5) is 24.7. The molecule has 0 saturated heterocycles. The second-order valence-corrected chi connectivity index (χ2v) is 5.62. The number of allylic oxidation sites excluding steroid dienone is 1. The Morgan fingerprint density at radius 2 is 1.87 bits per heavy atom. The van der Waals surface area contributed by atoms with Crippen LogP contribution in [0.3, 0.4) is 0 Å². The van der Waals surface area contributed by atoms with E-state index >= 15 is 0 Å². The number of carbonyl (C=O) groups excluding carboxylic acids is 2. The van der Waals surface area contributed by atoms with Gasteiger partial charge in [0, 0.05) is 13.0 Å². The highest BCUT2D eigenvalue weighted by atomic mass is 32.1. The van der Waals surface area contributed by atoms with Gasteiger partial charge in [0.2, 0.25) is 5.91 Å². The minimum absolute atomic E-state index is 0.133. The van der Waals surface area contributed by atoms with E-state index in [1.807, 2.05) is 47.8 Å². The lowest BCUT2D eigenvalue weighted by Crippen LogP contribution is -2.22. The van der Waals surface area contributed by atoms with Crippen LogP contribution in [0.4, 0.5) is 0 Å². The predicted octanol–water partition coefficient (Wildman–Crippen LogP) is 3.48. The molecule has 5 heteroatoms. The minimum atomic E-state index is -0.326. The first-order valence-electron chi connectivity index (χ1n) is 6.99. The van der Waals surface area contributed by atoms with E-state index in [4.69, 9.17) is 4.74 Å². The van der Waals surface area contributed by atoms with E-state index in [1.54, 1.807) is 6.08 Å². The number of thiophene rings is 1. The number of methoxy groups -OCH3 is 1. The van der Waals surface area contributed by atoms with Gasteiger partial charge in [-0.3, -0.25) is 9.59 Å². The molecule has 0 aliphatic heterocycles. The molecule has 4 nitrogen and oxygen atoms in total. The van der Waals surface area contributed by atoms with Crippen LogP contribution in [-0.4, -0.2) is 18.8 Å². The number of nitrogens with one attached hydrogen (secondary N) is 1. The number of amides is 1. The summed E-state index contributed by atoms with van der Waals surface area (Å²) in [5.74, 6) is -0.440. The second kappa shape index (κ2) is 8.10. The number of ketones is 1. The van der Waals surface area contributed by atoms with Gasteiger partial charge in [-0.05, 0) is 23.1 Å². The van der Waals surface area contributed by atoms with Crippen LogP contribution in [-0.2, 0) is 14.3 Å². The highest BCUT2D eigenvalue weighted by molar-refractivity contribution is 7.11. The highest BCUT2D eigenvalue weighted by Crippen LogP contribution is 2.22. The molecule has 2 rings (SSSR count). The molecule has 0 saturated carbocycles. The smallest absolute Gasteiger partial charge is 0.248 e. The van der Waals surface area contributed by atoms with Crippen LogP contribution in [0.15, 0.2) is 59.7 Å². The number of carbonyl (C=O) groups is 2. The summed E-state index contributed by atoms with van der Waals surface area (Å²) in [5.41, 5.74) is 1.31. The molecule has 0 atom stereocenters. The molecule has 1 N–H and O–H groups in total. The van der Waals surface area contributed by atoms with Crippen molar-refractivity contribution in [3.8, 4) is 0 Å². The number of hydrogen-bond donors (Lipinski definition) is 1. The monoisotopic (exact) mass is 327 g/mol. The van der Waals surface area contributed by atoms with Crippen molar-refractivity contribution < 1.29 is 14.3 Å². The maximum absolute atomic E-state index is 12.2. The van der Waals surface area contributed by atoms with Gasteiger partial charge in [-0.25, -0.2) is 0 Å². The van der Waals surface area contributed by atoms with E-state index in [0.29, 0.717) is 5.70 Å². The third-order valence-corrected chi connectivity index (χ3v) is 3.88.